The standard InChI is InChI=1S/C30H31F2NO5S/c1-5-36-26(34)17-20-7-6-8-24(31)29(20)38-18-19-15-21-10-13-37-28(21)23(16-19)22-9-12-33-25(27(22)32)11-14-39(35)30(2,3)4/h6-10,12-13,15-16H,5,11,14,17-18H2,1-4H3/t39-/m1/s1. The number of ether oxygens (including phenoxy) is 2. The Morgan fingerprint density at radius 2 is 1.90 bits per heavy atom. The van der Waals surface area contributed by atoms with E-state index in [1.165, 1.54) is 24.6 Å². The van der Waals surface area contributed by atoms with E-state index >= 15 is 4.39 Å². The molecule has 4 aromatic rings. The summed E-state index contributed by atoms with van der Waals surface area (Å²) >= 11 is 0. The van der Waals surface area contributed by atoms with Crippen LogP contribution in [-0.2, 0) is 39.8 Å². The first-order chi connectivity index (χ1) is 18.6. The zero-order valence-electron chi connectivity index (χ0n) is 22.4. The molecule has 39 heavy (non-hydrogen) atoms. The molecule has 0 amide bonds. The van der Waals surface area contributed by atoms with Gasteiger partial charge in [-0.25, -0.2) is 8.78 Å². The highest BCUT2D eigenvalue weighted by atomic mass is 32.2. The van der Waals surface area contributed by atoms with Crippen LogP contribution in [0.4, 0.5) is 8.78 Å². The fraction of sp³-hybridized carbons (Fsp3) is 0.333. The molecule has 0 radical (unpaired) electrons. The van der Waals surface area contributed by atoms with Gasteiger partial charge in [0.15, 0.2) is 17.4 Å². The summed E-state index contributed by atoms with van der Waals surface area (Å²) in [6.07, 6.45) is 3.13. The molecule has 206 valence electrons. The summed E-state index contributed by atoms with van der Waals surface area (Å²) in [5.41, 5.74) is 2.52. The number of pyridine rings is 1. The van der Waals surface area contributed by atoms with E-state index in [1.807, 2.05) is 26.8 Å². The van der Waals surface area contributed by atoms with Gasteiger partial charge in [0.25, 0.3) is 0 Å². The van der Waals surface area contributed by atoms with Gasteiger partial charge in [-0.05, 0) is 63.6 Å². The number of para-hydroxylation sites is 1. The number of benzene rings is 2. The van der Waals surface area contributed by atoms with E-state index in [2.05, 4.69) is 4.98 Å². The van der Waals surface area contributed by atoms with E-state index in [0.29, 0.717) is 22.3 Å². The van der Waals surface area contributed by atoms with Crippen LogP contribution in [0, 0.1) is 11.6 Å². The van der Waals surface area contributed by atoms with E-state index in [1.54, 1.807) is 31.2 Å². The van der Waals surface area contributed by atoms with E-state index < -0.39 is 33.2 Å². The van der Waals surface area contributed by atoms with Gasteiger partial charge in [-0.1, -0.05) is 12.1 Å². The van der Waals surface area contributed by atoms with Gasteiger partial charge in [0, 0.05) is 56.0 Å². The Morgan fingerprint density at radius 3 is 2.64 bits per heavy atom. The molecule has 0 saturated heterocycles. The van der Waals surface area contributed by atoms with Crippen LogP contribution in [0.2, 0.25) is 0 Å². The van der Waals surface area contributed by atoms with Crippen LogP contribution in [-0.4, -0.2) is 32.3 Å². The Kier molecular flexibility index (Phi) is 8.80. The molecule has 0 fully saturated rings. The molecule has 0 aliphatic rings. The monoisotopic (exact) mass is 555 g/mol. The third-order valence-corrected chi connectivity index (χ3v) is 8.08. The highest BCUT2D eigenvalue weighted by Crippen LogP contribution is 2.34. The lowest BCUT2D eigenvalue weighted by Crippen LogP contribution is -2.25. The third-order valence-electron chi connectivity index (χ3n) is 6.14. The van der Waals surface area contributed by atoms with Gasteiger partial charge in [-0.3, -0.25) is 14.0 Å². The second-order valence-corrected chi connectivity index (χ2v) is 12.3. The number of aryl methyl sites for hydroxylation is 1. The molecule has 0 N–H and O–H groups in total. The van der Waals surface area contributed by atoms with Crippen molar-refractivity contribution in [2.45, 2.75) is 51.9 Å². The van der Waals surface area contributed by atoms with Gasteiger partial charge in [0.05, 0.1) is 25.0 Å². The number of halogens is 2. The first-order valence-electron chi connectivity index (χ1n) is 12.7. The average molecular weight is 556 g/mol. The zero-order valence-corrected chi connectivity index (χ0v) is 23.2. The molecule has 2 aromatic carbocycles. The molecular weight excluding hydrogens is 524 g/mol. The average Bonchev–Trinajstić information content (AvgIpc) is 3.35. The normalized spacial score (nSPS) is 12.5. The minimum Gasteiger partial charge on any atom is -0.486 e. The minimum atomic E-state index is -1.15. The number of carbonyl (C=O) groups is 1. The molecule has 0 saturated carbocycles. The van der Waals surface area contributed by atoms with Crippen molar-refractivity contribution in [3.63, 3.8) is 0 Å². The molecule has 2 aromatic heterocycles. The minimum absolute atomic E-state index is 0.0327. The summed E-state index contributed by atoms with van der Waals surface area (Å²) in [5, 5.41) is 0.720. The van der Waals surface area contributed by atoms with Crippen molar-refractivity contribution in [2.24, 2.45) is 0 Å². The van der Waals surface area contributed by atoms with Crippen molar-refractivity contribution in [2.75, 3.05) is 12.4 Å². The van der Waals surface area contributed by atoms with Crippen LogP contribution in [0.1, 0.15) is 44.5 Å². The number of nitrogens with zero attached hydrogens (tertiary/aromatic N) is 1. The highest BCUT2D eigenvalue weighted by molar-refractivity contribution is 7.86. The van der Waals surface area contributed by atoms with Crippen LogP contribution in [0.5, 0.6) is 5.75 Å². The predicted molar refractivity (Wildman–Crippen MR) is 147 cm³/mol. The number of furan rings is 1. The molecule has 1 atom stereocenters. The molecule has 9 heteroatoms. The summed E-state index contributed by atoms with van der Waals surface area (Å²) in [5.74, 6) is -1.34. The molecule has 2 heterocycles. The Labute approximate surface area is 228 Å². The number of hydrogen-bond donors (Lipinski definition) is 0. The highest BCUT2D eigenvalue weighted by Gasteiger charge is 2.22. The molecule has 0 bridgehead atoms. The van der Waals surface area contributed by atoms with Crippen LogP contribution >= 0.6 is 0 Å². The van der Waals surface area contributed by atoms with Gasteiger partial charge in [-0.2, -0.15) is 0 Å². The number of hydrogen-bond acceptors (Lipinski definition) is 6. The summed E-state index contributed by atoms with van der Waals surface area (Å²) < 4.78 is 59.0. The molecule has 0 spiro atoms. The first kappa shape index (κ1) is 28.4. The molecule has 4 rings (SSSR count). The van der Waals surface area contributed by atoms with Crippen molar-refractivity contribution in [1.29, 1.82) is 0 Å². The van der Waals surface area contributed by atoms with Crippen molar-refractivity contribution >= 4 is 27.7 Å². The summed E-state index contributed by atoms with van der Waals surface area (Å²) in [6.45, 7) is 7.53. The quantitative estimate of drug-likeness (QED) is 0.207. The van der Waals surface area contributed by atoms with E-state index in [9.17, 15) is 13.4 Å². The fourth-order valence-corrected chi connectivity index (χ4v) is 5.16. The second-order valence-electron chi connectivity index (χ2n) is 10.0. The number of rotatable bonds is 10. The molecular formula is C30H31F2NO5S. The smallest absolute Gasteiger partial charge is 0.310 e. The van der Waals surface area contributed by atoms with Crippen molar-refractivity contribution in [3.05, 3.63) is 83.4 Å². The molecule has 0 aliphatic heterocycles. The molecule has 6 nitrogen and oxygen atoms in total. The summed E-state index contributed by atoms with van der Waals surface area (Å²) in [7, 11) is -1.15. The summed E-state index contributed by atoms with van der Waals surface area (Å²) in [4.78, 5) is 16.2. The van der Waals surface area contributed by atoms with Crippen LogP contribution < -0.4 is 4.74 Å². The Morgan fingerprint density at radius 1 is 1.10 bits per heavy atom. The van der Waals surface area contributed by atoms with Crippen LogP contribution in [0.3, 0.4) is 0 Å². The van der Waals surface area contributed by atoms with Gasteiger partial charge in [0.1, 0.15) is 12.2 Å². The van der Waals surface area contributed by atoms with Gasteiger partial charge < -0.3 is 13.9 Å². The Balaban J connectivity index is 1.63. The fourth-order valence-electron chi connectivity index (χ4n) is 4.17. The van der Waals surface area contributed by atoms with Crippen LogP contribution in [0.15, 0.2) is 59.3 Å². The number of esters is 1. The number of fused-ring (bicyclic) bond motifs is 1. The van der Waals surface area contributed by atoms with Gasteiger partial charge >= 0.3 is 5.97 Å². The zero-order chi connectivity index (χ0) is 28.2. The lowest BCUT2D eigenvalue weighted by Gasteiger charge is -2.17. The number of aromatic nitrogens is 1. The predicted octanol–water partition coefficient (Wildman–Crippen LogP) is 6.55. The Hall–Kier alpha value is -3.59. The van der Waals surface area contributed by atoms with E-state index in [-0.39, 0.29) is 48.8 Å². The molecule has 0 unspecified atom stereocenters. The maximum absolute atomic E-state index is 15.7. The van der Waals surface area contributed by atoms with Crippen molar-refractivity contribution < 1.29 is 31.7 Å². The summed E-state index contributed by atoms with van der Waals surface area (Å²) in [6, 6.07) is 11.2. The first-order valence-corrected chi connectivity index (χ1v) is 14.0. The maximum Gasteiger partial charge on any atom is 0.310 e. The van der Waals surface area contributed by atoms with Crippen molar-refractivity contribution in [3.8, 4) is 16.9 Å². The van der Waals surface area contributed by atoms with Gasteiger partial charge in [0.2, 0.25) is 0 Å². The topological polar surface area (TPSA) is 78.6 Å². The van der Waals surface area contributed by atoms with E-state index in [4.69, 9.17) is 13.9 Å². The molecule has 0 aliphatic carbocycles. The Bertz CT molecular complexity index is 1510. The lowest BCUT2D eigenvalue weighted by atomic mass is 9.99. The maximum atomic E-state index is 15.7. The number of carbonyl (C=O) groups excluding carboxylic acids is 1. The van der Waals surface area contributed by atoms with Crippen molar-refractivity contribution in [1.82, 2.24) is 4.98 Å². The lowest BCUT2D eigenvalue weighted by molar-refractivity contribution is -0.142. The van der Waals surface area contributed by atoms with E-state index in [0.717, 1.165) is 5.39 Å². The van der Waals surface area contributed by atoms with Gasteiger partial charge in [-0.15, -0.1) is 0 Å². The SMILES string of the molecule is CCOC(=O)Cc1cccc(F)c1OCc1cc(-c2ccnc(CC[S@@](=O)C(C)(C)C)c2F)c2occc2c1. The third kappa shape index (κ3) is 6.71. The van der Waals surface area contributed by atoms with Crippen LogP contribution in [0.25, 0.3) is 22.1 Å². The second kappa shape index (κ2) is 12.1. The largest absolute Gasteiger partial charge is 0.486 e.